The Bertz CT molecular complexity index is 181. The summed E-state index contributed by atoms with van der Waals surface area (Å²) in [4.78, 5) is 2.25. The first kappa shape index (κ1) is 12.4. The highest BCUT2D eigenvalue weighted by molar-refractivity contribution is 4.88. The van der Waals surface area contributed by atoms with Crippen molar-refractivity contribution in [3.63, 3.8) is 0 Å². The minimum Gasteiger partial charge on any atom is -0.316 e. The predicted molar refractivity (Wildman–Crippen MR) is 55.2 cm³/mol. The van der Waals surface area contributed by atoms with Crippen LogP contribution in [0.3, 0.4) is 0 Å². The van der Waals surface area contributed by atoms with Crippen molar-refractivity contribution < 1.29 is 0 Å². The molecule has 0 aliphatic heterocycles. The van der Waals surface area contributed by atoms with Crippen molar-refractivity contribution in [2.75, 3.05) is 13.6 Å². The van der Waals surface area contributed by atoms with Crippen molar-refractivity contribution in [3.05, 3.63) is 0 Å². The third-order valence-electron chi connectivity index (χ3n) is 2.84. The van der Waals surface area contributed by atoms with Crippen LogP contribution in [-0.2, 0) is 0 Å². The van der Waals surface area contributed by atoms with Gasteiger partial charge in [0.15, 0.2) is 0 Å². The van der Waals surface area contributed by atoms with Crippen LogP contribution in [0.25, 0.3) is 0 Å². The topological polar surface area (TPSA) is 53.0 Å². The number of nitrogens with two attached hydrogens (primary N) is 1. The first-order valence-corrected chi connectivity index (χ1v) is 4.80. The van der Waals surface area contributed by atoms with Crippen LogP contribution < -0.4 is 5.73 Å². The lowest BCUT2D eigenvalue weighted by Gasteiger charge is -2.35. The molecule has 0 fully saturated rings. The van der Waals surface area contributed by atoms with Crippen LogP contribution in [0, 0.1) is 11.3 Å². The number of hydrogen-bond donors (Lipinski definition) is 1. The Kier molecular flexibility index (Phi) is 4.97. The molecular formula is C10H21N3. The molecule has 0 aliphatic carbocycles. The summed E-state index contributed by atoms with van der Waals surface area (Å²) in [6.07, 6.45) is 1.85. The molecule has 3 nitrogen and oxygen atoms in total. The lowest BCUT2D eigenvalue weighted by Crippen LogP contribution is -2.42. The van der Waals surface area contributed by atoms with Gasteiger partial charge in [-0.2, -0.15) is 5.26 Å². The third-order valence-corrected chi connectivity index (χ3v) is 2.84. The zero-order valence-electron chi connectivity index (χ0n) is 9.17. The standard InChI is InChI=1S/C10H21N3/c1-5-10(2,3)13(4)7-6-9(12)8-11/h9H,5-7,12H2,1-4H3. The maximum atomic E-state index is 8.51. The second kappa shape index (κ2) is 5.21. The van der Waals surface area contributed by atoms with Gasteiger partial charge in [0.05, 0.1) is 12.1 Å². The lowest BCUT2D eigenvalue weighted by atomic mass is 9.99. The summed E-state index contributed by atoms with van der Waals surface area (Å²) in [5, 5.41) is 8.51. The van der Waals surface area contributed by atoms with Gasteiger partial charge in [-0.15, -0.1) is 0 Å². The highest BCUT2D eigenvalue weighted by Gasteiger charge is 2.20. The molecule has 13 heavy (non-hydrogen) atoms. The average molecular weight is 183 g/mol. The summed E-state index contributed by atoms with van der Waals surface area (Å²) in [6, 6.07) is 1.72. The van der Waals surface area contributed by atoms with E-state index in [4.69, 9.17) is 11.0 Å². The molecule has 0 saturated carbocycles. The lowest BCUT2D eigenvalue weighted by molar-refractivity contribution is 0.148. The fraction of sp³-hybridized carbons (Fsp3) is 0.900. The predicted octanol–water partition coefficient (Wildman–Crippen LogP) is 1.35. The van der Waals surface area contributed by atoms with Crippen LogP contribution in [-0.4, -0.2) is 30.1 Å². The second-order valence-electron chi connectivity index (χ2n) is 4.11. The van der Waals surface area contributed by atoms with Crippen molar-refractivity contribution >= 4 is 0 Å². The van der Waals surface area contributed by atoms with Crippen LogP contribution in [0.1, 0.15) is 33.6 Å². The molecule has 0 aromatic rings. The minimum atomic E-state index is -0.324. The van der Waals surface area contributed by atoms with E-state index in [0.717, 1.165) is 19.4 Å². The van der Waals surface area contributed by atoms with Gasteiger partial charge < -0.3 is 10.6 Å². The maximum absolute atomic E-state index is 8.51. The normalized spacial score (nSPS) is 14.2. The number of nitriles is 1. The molecule has 3 heteroatoms. The maximum Gasteiger partial charge on any atom is 0.0940 e. The van der Waals surface area contributed by atoms with E-state index in [0.29, 0.717) is 0 Å². The molecule has 0 saturated heterocycles. The zero-order chi connectivity index (χ0) is 10.5. The SMILES string of the molecule is CCC(C)(C)N(C)CCC(N)C#N. The van der Waals surface area contributed by atoms with E-state index in [9.17, 15) is 0 Å². The molecule has 0 aromatic carbocycles. The van der Waals surface area contributed by atoms with E-state index >= 15 is 0 Å². The van der Waals surface area contributed by atoms with E-state index in [1.807, 2.05) is 6.07 Å². The highest BCUT2D eigenvalue weighted by Crippen LogP contribution is 2.16. The van der Waals surface area contributed by atoms with Crippen molar-refractivity contribution in [2.45, 2.75) is 45.2 Å². The summed E-state index contributed by atoms with van der Waals surface area (Å²) < 4.78 is 0. The first-order chi connectivity index (χ1) is 5.94. The largest absolute Gasteiger partial charge is 0.316 e. The Balaban J connectivity index is 3.88. The number of rotatable bonds is 5. The van der Waals surface area contributed by atoms with E-state index in [-0.39, 0.29) is 11.6 Å². The van der Waals surface area contributed by atoms with Crippen LogP contribution >= 0.6 is 0 Å². The molecule has 0 spiro atoms. The van der Waals surface area contributed by atoms with E-state index in [2.05, 4.69) is 32.7 Å². The van der Waals surface area contributed by atoms with Crippen LogP contribution in [0.15, 0.2) is 0 Å². The van der Waals surface area contributed by atoms with E-state index < -0.39 is 0 Å². The third kappa shape index (κ3) is 4.25. The Morgan fingerprint density at radius 2 is 2.08 bits per heavy atom. The molecule has 2 N–H and O–H groups in total. The van der Waals surface area contributed by atoms with Crippen LogP contribution in [0.5, 0.6) is 0 Å². The van der Waals surface area contributed by atoms with Crippen molar-refractivity contribution in [1.82, 2.24) is 4.90 Å². The first-order valence-electron chi connectivity index (χ1n) is 4.80. The van der Waals surface area contributed by atoms with Gasteiger partial charge in [-0.1, -0.05) is 6.92 Å². The molecular weight excluding hydrogens is 162 g/mol. The minimum absolute atomic E-state index is 0.204. The monoisotopic (exact) mass is 183 g/mol. The second-order valence-corrected chi connectivity index (χ2v) is 4.11. The Labute approximate surface area is 81.5 Å². The molecule has 0 heterocycles. The van der Waals surface area contributed by atoms with Crippen molar-refractivity contribution in [2.24, 2.45) is 5.73 Å². The Morgan fingerprint density at radius 3 is 2.46 bits per heavy atom. The molecule has 76 valence electrons. The molecule has 1 unspecified atom stereocenters. The summed E-state index contributed by atoms with van der Waals surface area (Å²) in [5.74, 6) is 0. The average Bonchev–Trinajstić information content (AvgIpc) is 2.13. The molecule has 0 rings (SSSR count). The van der Waals surface area contributed by atoms with Gasteiger partial charge in [-0.25, -0.2) is 0 Å². The van der Waals surface area contributed by atoms with Gasteiger partial charge in [-0.3, -0.25) is 0 Å². The molecule has 0 amide bonds. The fourth-order valence-corrected chi connectivity index (χ4v) is 0.970. The molecule has 0 bridgehead atoms. The quantitative estimate of drug-likeness (QED) is 0.700. The number of hydrogen-bond acceptors (Lipinski definition) is 3. The summed E-state index contributed by atoms with van der Waals surface area (Å²) >= 11 is 0. The summed E-state index contributed by atoms with van der Waals surface area (Å²) in [5.41, 5.74) is 5.72. The zero-order valence-corrected chi connectivity index (χ0v) is 9.17. The van der Waals surface area contributed by atoms with Crippen LogP contribution in [0.4, 0.5) is 0 Å². The Morgan fingerprint density at radius 1 is 1.54 bits per heavy atom. The summed E-state index contributed by atoms with van der Waals surface area (Å²) in [6.45, 7) is 7.45. The van der Waals surface area contributed by atoms with Gasteiger partial charge in [0.2, 0.25) is 0 Å². The molecule has 0 aliphatic rings. The van der Waals surface area contributed by atoms with Crippen LogP contribution in [0.2, 0.25) is 0 Å². The number of nitrogens with zero attached hydrogens (tertiary/aromatic N) is 2. The van der Waals surface area contributed by atoms with E-state index in [1.54, 1.807) is 0 Å². The highest BCUT2D eigenvalue weighted by atomic mass is 15.2. The van der Waals surface area contributed by atoms with Gasteiger partial charge in [0.1, 0.15) is 0 Å². The van der Waals surface area contributed by atoms with Gasteiger partial charge >= 0.3 is 0 Å². The van der Waals surface area contributed by atoms with Gasteiger partial charge in [-0.05, 0) is 33.7 Å². The Hall–Kier alpha value is -0.590. The fourth-order valence-electron chi connectivity index (χ4n) is 0.970. The summed E-state index contributed by atoms with van der Waals surface area (Å²) in [7, 11) is 2.08. The van der Waals surface area contributed by atoms with Gasteiger partial charge in [0, 0.05) is 12.1 Å². The van der Waals surface area contributed by atoms with E-state index in [1.165, 1.54) is 0 Å². The van der Waals surface area contributed by atoms with Crippen molar-refractivity contribution in [3.8, 4) is 6.07 Å². The molecule has 0 aromatic heterocycles. The van der Waals surface area contributed by atoms with Crippen molar-refractivity contribution in [1.29, 1.82) is 5.26 Å². The smallest absolute Gasteiger partial charge is 0.0940 e. The molecule has 1 atom stereocenters. The van der Waals surface area contributed by atoms with Gasteiger partial charge in [0.25, 0.3) is 0 Å². The molecule has 0 radical (unpaired) electrons.